The smallest absolute Gasteiger partial charge is 0.407 e. The fourth-order valence-corrected chi connectivity index (χ4v) is 1.81. The number of carbonyl (C=O) groups excluding carboxylic acids is 1. The molecule has 0 atom stereocenters. The van der Waals surface area contributed by atoms with Crippen molar-refractivity contribution in [1.29, 1.82) is 0 Å². The first kappa shape index (κ1) is 10.7. The molecule has 1 N–H and O–H groups in total. The first-order valence-corrected chi connectivity index (χ1v) is 5.80. The Balaban J connectivity index is 2.15. The predicted molar refractivity (Wildman–Crippen MR) is 55.1 cm³/mol. The molecule has 1 aliphatic rings. The van der Waals surface area contributed by atoms with Crippen LogP contribution in [0.1, 0.15) is 26.7 Å². The van der Waals surface area contributed by atoms with Gasteiger partial charge in [0.05, 0.1) is 6.10 Å². The topological polar surface area (TPSA) is 38.3 Å². The molecule has 1 aliphatic carbocycles. The molecule has 1 fully saturated rings. The summed E-state index contributed by atoms with van der Waals surface area (Å²) in [4.78, 5) is 11.1. The van der Waals surface area contributed by atoms with Crippen LogP contribution in [0.3, 0.4) is 0 Å². The van der Waals surface area contributed by atoms with Crippen LogP contribution in [0.4, 0.5) is 4.79 Å². The van der Waals surface area contributed by atoms with Gasteiger partial charge in [-0.2, -0.15) is 11.8 Å². The largest absolute Gasteiger partial charge is 0.447 e. The maximum Gasteiger partial charge on any atom is 0.407 e. The molecule has 0 radical (unpaired) electrons. The zero-order valence-corrected chi connectivity index (χ0v) is 9.24. The second-order valence-corrected chi connectivity index (χ2v) is 4.97. The van der Waals surface area contributed by atoms with E-state index in [-0.39, 0.29) is 12.2 Å². The van der Waals surface area contributed by atoms with Gasteiger partial charge in [-0.1, -0.05) is 0 Å². The van der Waals surface area contributed by atoms with E-state index >= 15 is 0 Å². The van der Waals surface area contributed by atoms with Crippen LogP contribution in [-0.4, -0.2) is 29.7 Å². The highest BCUT2D eigenvalue weighted by atomic mass is 32.2. The number of hydrogen-bond acceptors (Lipinski definition) is 3. The van der Waals surface area contributed by atoms with Gasteiger partial charge in [-0.25, -0.2) is 4.79 Å². The summed E-state index contributed by atoms with van der Waals surface area (Å²) >= 11 is 1.83. The zero-order chi connectivity index (χ0) is 9.90. The first-order valence-electron chi connectivity index (χ1n) is 4.58. The van der Waals surface area contributed by atoms with E-state index in [0.29, 0.717) is 4.75 Å². The Bertz CT molecular complexity index is 190. The Kier molecular flexibility index (Phi) is 3.47. The normalized spacial score (nSPS) is 18.5. The third kappa shape index (κ3) is 3.46. The van der Waals surface area contributed by atoms with E-state index in [1.165, 1.54) is 12.8 Å². The highest BCUT2D eigenvalue weighted by Crippen LogP contribution is 2.46. The quantitative estimate of drug-likeness (QED) is 0.759. The lowest BCUT2D eigenvalue weighted by molar-refractivity contribution is 0.115. The molecule has 1 amide bonds. The minimum absolute atomic E-state index is 0.0376. The number of thioether (sulfide) groups is 1. The van der Waals surface area contributed by atoms with E-state index < -0.39 is 0 Å². The molecule has 1 rings (SSSR count). The van der Waals surface area contributed by atoms with E-state index in [9.17, 15) is 4.79 Å². The van der Waals surface area contributed by atoms with Crippen molar-refractivity contribution in [2.24, 2.45) is 0 Å². The average Bonchev–Trinajstić information content (AvgIpc) is 2.80. The summed E-state index contributed by atoms with van der Waals surface area (Å²) in [5.41, 5.74) is 0. The van der Waals surface area contributed by atoms with E-state index in [2.05, 4.69) is 11.6 Å². The highest BCUT2D eigenvalue weighted by molar-refractivity contribution is 8.00. The molecule has 4 heteroatoms. The molecule has 3 nitrogen and oxygen atoms in total. The van der Waals surface area contributed by atoms with Gasteiger partial charge in [0.25, 0.3) is 0 Å². The molecule has 0 bridgehead atoms. The van der Waals surface area contributed by atoms with Gasteiger partial charge >= 0.3 is 6.09 Å². The molecule has 0 saturated heterocycles. The lowest BCUT2D eigenvalue weighted by Gasteiger charge is -2.14. The summed E-state index contributed by atoms with van der Waals surface area (Å²) in [6.45, 7) is 4.43. The zero-order valence-electron chi connectivity index (χ0n) is 8.42. The number of ether oxygens (including phenoxy) is 1. The Morgan fingerprint density at radius 1 is 1.62 bits per heavy atom. The second-order valence-electron chi connectivity index (χ2n) is 3.69. The van der Waals surface area contributed by atoms with E-state index in [1.807, 2.05) is 25.6 Å². The molecule has 0 aromatic carbocycles. The maximum absolute atomic E-state index is 11.1. The van der Waals surface area contributed by atoms with Crippen LogP contribution in [-0.2, 0) is 4.74 Å². The lowest BCUT2D eigenvalue weighted by Crippen LogP contribution is -2.33. The monoisotopic (exact) mass is 203 g/mol. The van der Waals surface area contributed by atoms with Crippen molar-refractivity contribution in [3.8, 4) is 0 Å². The Hall–Kier alpha value is -0.380. The summed E-state index contributed by atoms with van der Waals surface area (Å²) in [7, 11) is 0. The van der Waals surface area contributed by atoms with Crippen LogP contribution in [0.15, 0.2) is 0 Å². The molecule has 1 saturated carbocycles. The molecule has 0 spiro atoms. The van der Waals surface area contributed by atoms with Crippen molar-refractivity contribution in [2.75, 3.05) is 12.8 Å². The Morgan fingerprint density at radius 3 is 2.62 bits per heavy atom. The van der Waals surface area contributed by atoms with Crippen LogP contribution < -0.4 is 5.32 Å². The van der Waals surface area contributed by atoms with Crippen molar-refractivity contribution in [2.45, 2.75) is 37.5 Å². The van der Waals surface area contributed by atoms with Gasteiger partial charge in [-0.15, -0.1) is 0 Å². The van der Waals surface area contributed by atoms with Crippen molar-refractivity contribution in [3.63, 3.8) is 0 Å². The molecule has 0 aliphatic heterocycles. The van der Waals surface area contributed by atoms with Gasteiger partial charge in [0.1, 0.15) is 0 Å². The second kappa shape index (κ2) is 4.22. The fraction of sp³-hybridized carbons (Fsp3) is 0.889. The molecule has 13 heavy (non-hydrogen) atoms. The van der Waals surface area contributed by atoms with Crippen molar-refractivity contribution >= 4 is 17.9 Å². The van der Waals surface area contributed by atoms with E-state index in [1.54, 1.807) is 0 Å². The number of alkyl carbamates (subject to hydrolysis) is 1. The average molecular weight is 203 g/mol. The highest BCUT2D eigenvalue weighted by Gasteiger charge is 2.42. The molecule has 0 heterocycles. The molecule has 76 valence electrons. The number of rotatable bonds is 4. The van der Waals surface area contributed by atoms with Crippen LogP contribution in [0.5, 0.6) is 0 Å². The van der Waals surface area contributed by atoms with Crippen LogP contribution in [0.2, 0.25) is 0 Å². The van der Waals surface area contributed by atoms with Gasteiger partial charge < -0.3 is 10.1 Å². The van der Waals surface area contributed by atoms with Gasteiger partial charge in [-0.3, -0.25) is 0 Å². The molecular weight excluding hydrogens is 186 g/mol. The standard InChI is InChI=1S/C9H17NO2S/c1-7(2)12-8(11)10-6-9(13-3)4-5-9/h7H,4-6H2,1-3H3,(H,10,11). The minimum Gasteiger partial charge on any atom is -0.447 e. The number of amides is 1. The van der Waals surface area contributed by atoms with E-state index in [0.717, 1.165) is 6.54 Å². The van der Waals surface area contributed by atoms with Crippen molar-refractivity contribution in [3.05, 3.63) is 0 Å². The predicted octanol–water partition coefficient (Wildman–Crippen LogP) is 2.02. The SMILES string of the molecule is CSC1(CNC(=O)OC(C)C)CC1. The maximum atomic E-state index is 11.1. The molecular formula is C9H17NO2S. The molecule has 0 aromatic rings. The van der Waals surface area contributed by atoms with Gasteiger partial charge in [-0.05, 0) is 32.9 Å². The van der Waals surface area contributed by atoms with Crippen molar-refractivity contribution in [1.82, 2.24) is 5.32 Å². The summed E-state index contributed by atoms with van der Waals surface area (Å²) in [5, 5.41) is 2.79. The summed E-state index contributed by atoms with van der Waals surface area (Å²) < 4.78 is 5.27. The van der Waals surface area contributed by atoms with E-state index in [4.69, 9.17) is 4.74 Å². The van der Waals surface area contributed by atoms with Crippen LogP contribution in [0.25, 0.3) is 0 Å². The molecule has 0 unspecified atom stereocenters. The Morgan fingerprint density at radius 2 is 2.23 bits per heavy atom. The number of hydrogen-bond donors (Lipinski definition) is 1. The Labute approximate surface area is 83.6 Å². The summed E-state index contributed by atoms with van der Waals surface area (Å²) in [5.74, 6) is 0. The van der Waals surface area contributed by atoms with Crippen LogP contribution in [0, 0.1) is 0 Å². The third-order valence-electron chi connectivity index (χ3n) is 2.14. The third-order valence-corrected chi connectivity index (χ3v) is 3.56. The summed E-state index contributed by atoms with van der Waals surface area (Å²) in [6.07, 6.45) is 4.16. The van der Waals surface area contributed by atoms with Crippen molar-refractivity contribution < 1.29 is 9.53 Å². The number of carbonyl (C=O) groups is 1. The van der Waals surface area contributed by atoms with Gasteiger partial charge in [0.15, 0.2) is 0 Å². The first-order chi connectivity index (χ1) is 6.08. The number of nitrogens with one attached hydrogen (secondary N) is 1. The molecule has 0 aromatic heterocycles. The van der Waals surface area contributed by atoms with Gasteiger partial charge in [0.2, 0.25) is 0 Å². The van der Waals surface area contributed by atoms with Gasteiger partial charge in [0, 0.05) is 11.3 Å². The minimum atomic E-state index is -0.296. The summed E-state index contributed by atoms with van der Waals surface area (Å²) in [6, 6.07) is 0. The fourth-order valence-electron chi connectivity index (χ4n) is 1.08. The van der Waals surface area contributed by atoms with Crippen LogP contribution >= 0.6 is 11.8 Å². The lowest BCUT2D eigenvalue weighted by atomic mass is 10.4.